The molecule has 2 aromatic heterocycles. The van der Waals surface area contributed by atoms with Crippen molar-refractivity contribution in [2.75, 3.05) is 53.0 Å². The van der Waals surface area contributed by atoms with E-state index in [1.54, 1.807) is 17.6 Å². The minimum absolute atomic E-state index is 0. The summed E-state index contributed by atoms with van der Waals surface area (Å²) in [4.78, 5) is 14.0. The lowest BCUT2D eigenvalue weighted by Gasteiger charge is -2.26. The molecule has 0 bridgehead atoms. The fourth-order valence-corrected chi connectivity index (χ4v) is 3.77. The summed E-state index contributed by atoms with van der Waals surface area (Å²) in [5.41, 5.74) is 1.08. The minimum Gasteiger partial charge on any atom is -0.469 e. The van der Waals surface area contributed by atoms with Crippen molar-refractivity contribution in [1.29, 1.82) is 0 Å². The smallest absolute Gasteiger partial charge is 0.194 e. The third-order valence-electron chi connectivity index (χ3n) is 4.66. The summed E-state index contributed by atoms with van der Waals surface area (Å²) in [6.45, 7) is 9.20. The van der Waals surface area contributed by atoms with E-state index in [1.165, 1.54) is 0 Å². The molecule has 0 amide bonds. The van der Waals surface area contributed by atoms with Gasteiger partial charge in [0.15, 0.2) is 5.96 Å². The Morgan fingerprint density at radius 1 is 1.38 bits per heavy atom. The predicted octanol–water partition coefficient (Wildman–Crippen LogP) is 3.00. The van der Waals surface area contributed by atoms with Gasteiger partial charge in [-0.25, -0.2) is 4.98 Å². The largest absolute Gasteiger partial charge is 0.469 e. The van der Waals surface area contributed by atoms with E-state index in [1.807, 2.05) is 19.1 Å². The van der Waals surface area contributed by atoms with E-state index in [4.69, 9.17) is 14.1 Å². The summed E-state index contributed by atoms with van der Waals surface area (Å²) < 4.78 is 10.8. The van der Waals surface area contributed by atoms with Gasteiger partial charge in [-0.05, 0) is 25.5 Å². The van der Waals surface area contributed by atoms with Crippen LogP contribution in [0.4, 0.5) is 0 Å². The maximum atomic E-state index is 5.42. The predicted molar refractivity (Wildman–Crippen MR) is 128 cm³/mol. The average molecular weight is 533 g/mol. The van der Waals surface area contributed by atoms with Crippen LogP contribution in [0.25, 0.3) is 0 Å². The average Bonchev–Trinajstić information content (AvgIpc) is 3.36. The number of rotatable bonds is 9. The highest BCUT2D eigenvalue weighted by molar-refractivity contribution is 14.0. The number of aromatic nitrogens is 1. The Bertz CT molecular complexity index is 716. The molecule has 162 valence electrons. The third-order valence-corrected chi connectivity index (χ3v) is 5.48. The number of hydrogen-bond donors (Lipinski definition) is 1. The Morgan fingerprint density at radius 2 is 2.21 bits per heavy atom. The summed E-state index contributed by atoms with van der Waals surface area (Å²) in [5.74, 6) is 1.90. The number of guanidine groups is 1. The van der Waals surface area contributed by atoms with Gasteiger partial charge in [0.05, 0.1) is 36.7 Å². The van der Waals surface area contributed by atoms with Crippen molar-refractivity contribution in [3.63, 3.8) is 0 Å². The fourth-order valence-electron chi connectivity index (χ4n) is 3.17. The summed E-state index contributed by atoms with van der Waals surface area (Å²) >= 11 is 1.69. The van der Waals surface area contributed by atoms with Crippen molar-refractivity contribution in [2.24, 2.45) is 4.99 Å². The first-order valence-electron chi connectivity index (χ1n) is 9.93. The molecule has 0 atom stereocenters. The van der Waals surface area contributed by atoms with Crippen LogP contribution in [-0.4, -0.2) is 73.7 Å². The second kappa shape index (κ2) is 13.2. The number of morpholine rings is 1. The van der Waals surface area contributed by atoms with Crippen LogP contribution in [0.1, 0.15) is 22.9 Å². The van der Waals surface area contributed by atoms with Gasteiger partial charge in [0, 0.05) is 51.6 Å². The molecule has 0 spiro atoms. The van der Waals surface area contributed by atoms with Crippen molar-refractivity contribution < 1.29 is 9.15 Å². The molecule has 0 aromatic carbocycles. The summed E-state index contributed by atoms with van der Waals surface area (Å²) in [6.07, 6.45) is 3.60. The normalized spacial score (nSPS) is 15.2. The van der Waals surface area contributed by atoms with Gasteiger partial charge in [-0.1, -0.05) is 0 Å². The van der Waals surface area contributed by atoms with Crippen LogP contribution in [-0.2, 0) is 17.7 Å². The van der Waals surface area contributed by atoms with Gasteiger partial charge in [-0.2, -0.15) is 0 Å². The van der Waals surface area contributed by atoms with Crippen LogP contribution >= 0.6 is 35.3 Å². The Morgan fingerprint density at radius 3 is 2.90 bits per heavy atom. The van der Waals surface area contributed by atoms with Crippen molar-refractivity contribution in [2.45, 2.75) is 26.3 Å². The number of thiazole rings is 1. The molecule has 0 unspecified atom stereocenters. The van der Waals surface area contributed by atoms with Gasteiger partial charge in [0.25, 0.3) is 0 Å². The lowest BCUT2D eigenvalue weighted by atomic mass is 10.3. The maximum absolute atomic E-state index is 5.42. The maximum Gasteiger partial charge on any atom is 0.194 e. The lowest BCUT2D eigenvalue weighted by molar-refractivity contribution is 0.0377. The quantitative estimate of drug-likeness (QED) is 0.232. The van der Waals surface area contributed by atoms with E-state index >= 15 is 0 Å². The van der Waals surface area contributed by atoms with Crippen LogP contribution in [0.5, 0.6) is 0 Å². The third kappa shape index (κ3) is 8.61. The summed E-state index contributed by atoms with van der Waals surface area (Å²) in [5, 5.41) is 6.69. The number of aryl methyl sites for hydroxylation is 1. The first kappa shape index (κ1) is 24.1. The molecule has 1 aliphatic heterocycles. The van der Waals surface area contributed by atoms with Crippen LogP contribution < -0.4 is 5.32 Å². The second-order valence-corrected chi connectivity index (χ2v) is 8.05. The van der Waals surface area contributed by atoms with Gasteiger partial charge in [-0.3, -0.25) is 9.89 Å². The van der Waals surface area contributed by atoms with Crippen LogP contribution in [0.3, 0.4) is 0 Å². The standard InChI is InChI=1S/C20H31N5O2S.HI/c1-17-23-18(16-28-17)15-24(2)20(22-8-6-19-5-3-12-27-19)21-7-4-9-25-10-13-26-14-11-25;/h3,5,12,16H,4,6-11,13-15H2,1-2H3,(H,21,22);1H. The number of nitrogens with one attached hydrogen (secondary N) is 1. The van der Waals surface area contributed by atoms with Crippen molar-refractivity contribution in [1.82, 2.24) is 20.1 Å². The van der Waals surface area contributed by atoms with Crippen molar-refractivity contribution in [3.05, 3.63) is 40.2 Å². The van der Waals surface area contributed by atoms with E-state index < -0.39 is 0 Å². The highest BCUT2D eigenvalue weighted by atomic mass is 127. The number of hydrogen-bond acceptors (Lipinski definition) is 6. The number of aliphatic imine (C=N–C) groups is 1. The van der Waals surface area contributed by atoms with E-state index in [9.17, 15) is 0 Å². The topological polar surface area (TPSA) is 66.1 Å². The van der Waals surface area contributed by atoms with E-state index in [2.05, 4.69) is 32.5 Å². The molecule has 0 radical (unpaired) electrons. The molecule has 0 saturated carbocycles. The molecule has 0 aliphatic carbocycles. The number of furan rings is 1. The van der Waals surface area contributed by atoms with Crippen LogP contribution in [0.15, 0.2) is 33.2 Å². The Kier molecular flexibility index (Phi) is 11.0. The van der Waals surface area contributed by atoms with Crippen molar-refractivity contribution in [3.8, 4) is 0 Å². The van der Waals surface area contributed by atoms with Crippen LogP contribution in [0, 0.1) is 6.92 Å². The summed E-state index contributed by atoms with van der Waals surface area (Å²) in [6, 6.07) is 3.93. The molecule has 7 nitrogen and oxygen atoms in total. The Labute approximate surface area is 194 Å². The molecule has 3 rings (SSSR count). The zero-order valence-corrected chi connectivity index (χ0v) is 20.4. The van der Waals surface area contributed by atoms with Crippen molar-refractivity contribution >= 4 is 41.3 Å². The van der Waals surface area contributed by atoms with E-state index in [-0.39, 0.29) is 24.0 Å². The fraction of sp³-hybridized carbons (Fsp3) is 0.600. The highest BCUT2D eigenvalue weighted by Crippen LogP contribution is 2.10. The molecule has 3 heterocycles. The Balaban J connectivity index is 0.00000300. The highest BCUT2D eigenvalue weighted by Gasteiger charge is 2.11. The lowest BCUT2D eigenvalue weighted by Crippen LogP contribution is -2.40. The Hall–Kier alpha value is -1.17. The zero-order chi connectivity index (χ0) is 19.6. The van der Waals surface area contributed by atoms with Crippen LogP contribution in [0.2, 0.25) is 0 Å². The molecule has 1 fully saturated rings. The van der Waals surface area contributed by atoms with Gasteiger partial charge in [-0.15, -0.1) is 35.3 Å². The van der Waals surface area contributed by atoms with E-state index in [0.717, 1.165) is 87.7 Å². The number of ether oxygens (including phenoxy) is 1. The SMILES string of the molecule is Cc1nc(CN(C)C(=NCCCN2CCOCC2)NCCc2ccco2)cs1.I. The molecule has 1 aliphatic rings. The molecular weight excluding hydrogens is 501 g/mol. The van der Waals surface area contributed by atoms with Gasteiger partial charge < -0.3 is 19.4 Å². The monoisotopic (exact) mass is 533 g/mol. The van der Waals surface area contributed by atoms with Gasteiger partial charge in [0.1, 0.15) is 5.76 Å². The number of halogens is 1. The van der Waals surface area contributed by atoms with Gasteiger partial charge in [0.2, 0.25) is 0 Å². The first-order valence-corrected chi connectivity index (χ1v) is 10.8. The zero-order valence-electron chi connectivity index (χ0n) is 17.3. The molecule has 29 heavy (non-hydrogen) atoms. The molecule has 2 aromatic rings. The molecular formula is C20H32IN5O2S. The van der Waals surface area contributed by atoms with Gasteiger partial charge >= 0.3 is 0 Å². The number of nitrogens with zero attached hydrogens (tertiary/aromatic N) is 4. The molecule has 1 saturated heterocycles. The summed E-state index contributed by atoms with van der Waals surface area (Å²) in [7, 11) is 2.06. The minimum atomic E-state index is 0. The molecule has 9 heteroatoms. The first-order chi connectivity index (χ1) is 13.7. The molecule has 1 N–H and O–H groups in total. The second-order valence-electron chi connectivity index (χ2n) is 6.98. The van der Waals surface area contributed by atoms with E-state index in [0.29, 0.717) is 0 Å².